The van der Waals surface area contributed by atoms with Gasteiger partial charge in [0.15, 0.2) is 5.78 Å². The molecule has 5 rings (SSSR count). The van der Waals surface area contributed by atoms with Crippen molar-refractivity contribution in [1.82, 2.24) is 4.90 Å². The average Bonchev–Trinajstić information content (AvgIpc) is 3.43. The Morgan fingerprint density at radius 1 is 1.35 bits per heavy atom. The molecule has 1 aromatic carbocycles. The smallest absolute Gasteiger partial charge is 0.177 e. The van der Waals surface area contributed by atoms with E-state index in [4.69, 9.17) is 10.1 Å². The van der Waals surface area contributed by atoms with Gasteiger partial charge in [0.2, 0.25) is 0 Å². The summed E-state index contributed by atoms with van der Waals surface area (Å²) in [6.45, 7) is 1.95. The Kier molecular flexibility index (Phi) is 3.41. The van der Waals surface area contributed by atoms with Crippen molar-refractivity contribution in [2.24, 2.45) is 5.92 Å². The molecule has 2 N–H and O–H groups in total. The number of aliphatic hydroxyl groups is 1. The number of hydrogen-bond acceptors (Lipinski definition) is 5. The van der Waals surface area contributed by atoms with Crippen molar-refractivity contribution in [3.8, 4) is 5.75 Å². The van der Waals surface area contributed by atoms with Gasteiger partial charge in [0.1, 0.15) is 5.75 Å². The van der Waals surface area contributed by atoms with Crippen molar-refractivity contribution in [3.05, 3.63) is 29.3 Å². The second kappa shape index (κ2) is 5.40. The summed E-state index contributed by atoms with van der Waals surface area (Å²) in [6.07, 6.45) is 4.55. The Bertz CT molecular complexity index is 802. The van der Waals surface area contributed by atoms with Gasteiger partial charge in [0, 0.05) is 30.8 Å². The Hall–Kier alpha value is -1.72. The largest absolute Gasteiger partial charge is 0.497 e. The highest BCUT2D eigenvalue weighted by Gasteiger charge is 2.66. The number of Topliss-reactive ketones (excluding diaryl/α,β-unsaturated/α-hetero) is 1. The van der Waals surface area contributed by atoms with Crippen LogP contribution < -0.4 is 4.74 Å². The number of hydrogen-bond donors (Lipinski definition) is 2. The van der Waals surface area contributed by atoms with Gasteiger partial charge in [0.25, 0.3) is 0 Å². The highest BCUT2D eigenvalue weighted by atomic mass is 16.5. The van der Waals surface area contributed by atoms with Gasteiger partial charge >= 0.3 is 0 Å². The van der Waals surface area contributed by atoms with E-state index in [0.29, 0.717) is 0 Å². The lowest BCUT2D eigenvalue weighted by Crippen LogP contribution is -2.74. The van der Waals surface area contributed by atoms with E-state index in [2.05, 4.69) is 11.0 Å². The summed E-state index contributed by atoms with van der Waals surface area (Å²) in [5.74, 6) is 1.42. The fraction of sp³-hybridized carbons (Fsp3) is 0.619. The fourth-order valence-corrected chi connectivity index (χ4v) is 5.73. The zero-order valence-electron chi connectivity index (χ0n) is 15.3. The quantitative estimate of drug-likeness (QED) is 0.872. The summed E-state index contributed by atoms with van der Waals surface area (Å²) < 4.78 is 5.44. The van der Waals surface area contributed by atoms with Gasteiger partial charge < -0.3 is 15.3 Å². The maximum atomic E-state index is 12.5. The molecule has 3 atom stereocenters. The lowest BCUT2D eigenvalue weighted by atomic mass is 9.49. The minimum absolute atomic E-state index is 0.00815. The van der Waals surface area contributed by atoms with Gasteiger partial charge in [-0.3, -0.25) is 9.69 Å². The van der Waals surface area contributed by atoms with Gasteiger partial charge in [-0.25, -0.2) is 0 Å². The Labute approximate surface area is 153 Å². The number of rotatable bonds is 3. The number of ketones is 1. The molecule has 138 valence electrons. The minimum atomic E-state index is -1.04. The van der Waals surface area contributed by atoms with Crippen LogP contribution in [0.25, 0.3) is 0 Å². The highest BCUT2D eigenvalue weighted by molar-refractivity contribution is 6.40. The number of ether oxygens (including phenoxy) is 1. The van der Waals surface area contributed by atoms with Crippen molar-refractivity contribution < 1.29 is 14.6 Å². The molecule has 1 aromatic rings. The zero-order chi connectivity index (χ0) is 18.1. The number of likely N-dealkylation sites (tertiary alicyclic amines) is 1. The van der Waals surface area contributed by atoms with Crippen molar-refractivity contribution in [1.29, 1.82) is 5.41 Å². The van der Waals surface area contributed by atoms with Crippen molar-refractivity contribution in [2.75, 3.05) is 20.2 Å². The lowest BCUT2D eigenvalue weighted by molar-refractivity contribution is -0.157. The molecule has 0 radical (unpaired) electrons. The third-order valence-electron chi connectivity index (χ3n) is 7.33. The topological polar surface area (TPSA) is 73.6 Å². The van der Waals surface area contributed by atoms with Gasteiger partial charge in [-0.1, -0.05) is 6.07 Å². The number of fused-ring (bicyclic) bond motifs is 1. The molecule has 4 aliphatic rings. The van der Waals surface area contributed by atoms with Crippen molar-refractivity contribution in [3.63, 3.8) is 0 Å². The van der Waals surface area contributed by atoms with Crippen LogP contribution in [0.5, 0.6) is 5.75 Å². The molecule has 26 heavy (non-hydrogen) atoms. The summed E-state index contributed by atoms with van der Waals surface area (Å²) in [7, 11) is 1.65. The van der Waals surface area contributed by atoms with Crippen LogP contribution in [0.2, 0.25) is 0 Å². The van der Waals surface area contributed by atoms with Gasteiger partial charge in [-0.15, -0.1) is 0 Å². The maximum Gasteiger partial charge on any atom is 0.177 e. The fourth-order valence-electron chi connectivity index (χ4n) is 5.73. The van der Waals surface area contributed by atoms with E-state index in [1.54, 1.807) is 7.11 Å². The molecule has 0 unspecified atom stereocenters. The van der Waals surface area contributed by atoms with Gasteiger partial charge in [0.05, 0.1) is 18.4 Å². The predicted octanol–water partition coefficient (Wildman–Crippen LogP) is 2.09. The van der Waals surface area contributed by atoms with E-state index >= 15 is 0 Å². The highest BCUT2D eigenvalue weighted by Crippen LogP contribution is 2.57. The van der Waals surface area contributed by atoms with E-state index in [-0.39, 0.29) is 30.4 Å². The predicted molar refractivity (Wildman–Crippen MR) is 98.0 cm³/mol. The maximum absolute atomic E-state index is 12.5. The summed E-state index contributed by atoms with van der Waals surface area (Å²) in [5, 5.41) is 20.1. The van der Waals surface area contributed by atoms with E-state index < -0.39 is 11.0 Å². The van der Waals surface area contributed by atoms with Crippen LogP contribution in [0.15, 0.2) is 18.2 Å². The van der Waals surface area contributed by atoms with E-state index in [9.17, 15) is 9.90 Å². The standard InChI is InChI=1S/C21H26N2O3/c1-26-15-5-4-14-8-19-21(25)10-17(22)18(24)11-20(21,16(14)9-15)6-7-23(19)12-13-2-3-13/h4-5,9,13,19,22,25H,2-3,6-8,10-12H2,1H3/t19-,20-,21-/m1/s1. The van der Waals surface area contributed by atoms with Crippen LogP contribution in [-0.2, 0) is 16.6 Å². The van der Waals surface area contributed by atoms with Crippen molar-refractivity contribution in [2.45, 2.75) is 55.6 Å². The van der Waals surface area contributed by atoms with Crippen LogP contribution in [0.4, 0.5) is 0 Å². The first-order valence-corrected chi connectivity index (χ1v) is 9.71. The number of nitrogens with one attached hydrogen (secondary N) is 1. The molecule has 3 aliphatic carbocycles. The molecule has 5 heteroatoms. The van der Waals surface area contributed by atoms with E-state index in [1.165, 1.54) is 18.4 Å². The molecular weight excluding hydrogens is 328 g/mol. The first-order chi connectivity index (χ1) is 12.5. The van der Waals surface area contributed by atoms with Crippen LogP contribution in [-0.4, -0.2) is 53.3 Å². The number of carbonyl (C=O) groups is 1. The Morgan fingerprint density at radius 3 is 2.88 bits per heavy atom. The number of methoxy groups -OCH3 is 1. The first kappa shape index (κ1) is 16.5. The normalized spacial score (nSPS) is 36.5. The number of benzene rings is 1. The lowest BCUT2D eigenvalue weighted by Gasteiger charge is -2.63. The van der Waals surface area contributed by atoms with E-state index in [1.807, 2.05) is 12.1 Å². The molecule has 0 aromatic heterocycles. The van der Waals surface area contributed by atoms with E-state index in [0.717, 1.165) is 43.2 Å². The second-order valence-corrected chi connectivity index (χ2v) is 8.69. The molecule has 0 amide bonds. The average molecular weight is 354 g/mol. The Morgan fingerprint density at radius 2 is 2.15 bits per heavy atom. The van der Waals surface area contributed by atoms with Gasteiger partial charge in [-0.05, 0) is 61.4 Å². The third kappa shape index (κ3) is 2.10. The van der Waals surface area contributed by atoms with Crippen LogP contribution in [0.3, 0.4) is 0 Å². The van der Waals surface area contributed by atoms with Gasteiger partial charge in [-0.2, -0.15) is 0 Å². The second-order valence-electron chi connectivity index (χ2n) is 8.69. The SMILES string of the molecule is COc1ccc2c(c1)[C@]13CCN(CC4CC4)[C@H](C2)[C@]1(O)CC(=N)C(=O)C3. The molecule has 5 nitrogen and oxygen atoms in total. The monoisotopic (exact) mass is 354 g/mol. The van der Waals surface area contributed by atoms with Crippen LogP contribution in [0.1, 0.15) is 43.2 Å². The third-order valence-corrected chi connectivity index (χ3v) is 7.33. The number of nitrogens with zero attached hydrogens (tertiary/aromatic N) is 1. The molecule has 2 bridgehead atoms. The first-order valence-electron chi connectivity index (χ1n) is 9.71. The molecule has 1 heterocycles. The molecule has 2 saturated carbocycles. The van der Waals surface area contributed by atoms with Crippen LogP contribution in [0, 0.1) is 11.3 Å². The van der Waals surface area contributed by atoms with Crippen molar-refractivity contribution >= 4 is 11.5 Å². The Balaban J connectivity index is 1.66. The molecule has 0 spiro atoms. The summed E-state index contributed by atoms with van der Waals surface area (Å²) in [4.78, 5) is 15.0. The number of carbonyl (C=O) groups excluding carboxylic acids is 1. The zero-order valence-corrected chi connectivity index (χ0v) is 15.3. The molecule has 1 saturated heterocycles. The van der Waals surface area contributed by atoms with Crippen LogP contribution >= 0.6 is 0 Å². The number of piperidine rings is 1. The molecule has 1 aliphatic heterocycles. The molecular formula is C21H26N2O3. The summed E-state index contributed by atoms with van der Waals surface area (Å²) in [6, 6.07) is 6.10. The minimum Gasteiger partial charge on any atom is -0.497 e. The summed E-state index contributed by atoms with van der Waals surface area (Å²) in [5.41, 5.74) is 0.767. The molecule has 3 fully saturated rings. The summed E-state index contributed by atoms with van der Waals surface area (Å²) >= 11 is 0.